The lowest BCUT2D eigenvalue weighted by atomic mass is 10.0. The molecule has 2 aromatic rings. The van der Waals surface area contributed by atoms with Crippen molar-refractivity contribution in [3.8, 4) is 0 Å². The molecule has 0 unspecified atom stereocenters. The van der Waals surface area contributed by atoms with Gasteiger partial charge in [0.15, 0.2) is 0 Å². The molecule has 104 valence electrons. The summed E-state index contributed by atoms with van der Waals surface area (Å²) >= 11 is 0. The van der Waals surface area contributed by atoms with E-state index in [-0.39, 0.29) is 5.91 Å². The third-order valence-corrected chi connectivity index (χ3v) is 3.44. The van der Waals surface area contributed by atoms with Gasteiger partial charge in [0.05, 0.1) is 0 Å². The molecule has 3 heteroatoms. The van der Waals surface area contributed by atoms with E-state index in [0.29, 0.717) is 12.2 Å². The highest BCUT2D eigenvalue weighted by molar-refractivity contribution is 6.08. The number of rotatable bonds is 3. The largest absolute Gasteiger partial charge is 0.399 e. The Balaban J connectivity index is 2.45. The first kappa shape index (κ1) is 14.1. The summed E-state index contributed by atoms with van der Waals surface area (Å²) in [6.45, 7) is 6.51. The van der Waals surface area contributed by atoms with Crippen molar-refractivity contribution in [1.82, 2.24) is 0 Å². The molecular formula is C17H20N2O. The van der Waals surface area contributed by atoms with Gasteiger partial charge in [-0.15, -0.1) is 0 Å². The van der Waals surface area contributed by atoms with Gasteiger partial charge in [-0.25, -0.2) is 0 Å². The Bertz CT molecular complexity index is 614. The van der Waals surface area contributed by atoms with Crippen LogP contribution >= 0.6 is 0 Å². The molecule has 0 saturated carbocycles. The van der Waals surface area contributed by atoms with Crippen LogP contribution in [0, 0.1) is 13.8 Å². The fraction of sp³-hybridized carbons (Fsp3) is 0.235. The van der Waals surface area contributed by atoms with Crippen LogP contribution in [-0.4, -0.2) is 12.5 Å². The minimum absolute atomic E-state index is 0.0219. The van der Waals surface area contributed by atoms with E-state index in [2.05, 4.69) is 0 Å². The summed E-state index contributed by atoms with van der Waals surface area (Å²) in [5, 5.41) is 0. The van der Waals surface area contributed by atoms with E-state index in [1.54, 1.807) is 4.90 Å². The predicted molar refractivity (Wildman–Crippen MR) is 84.1 cm³/mol. The molecule has 20 heavy (non-hydrogen) atoms. The number of anilines is 2. The number of carbonyl (C=O) groups excluding carboxylic acids is 1. The van der Waals surface area contributed by atoms with Crippen molar-refractivity contribution >= 4 is 17.3 Å². The molecule has 0 fully saturated rings. The number of nitrogens with two attached hydrogens (primary N) is 1. The number of amides is 1. The van der Waals surface area contributed by atoms with Gasteiger partial charge in [-0.1, -0.05) is 24.3 Å². The molecule has 2 rings (SSSR count). The minimum atomic E-state index is 0.0219. The normalized spacial score (nSPS) is 10.3. The summed E-state index contributed by atoms with van der Waals surface area (Å²) in [4.78, 5) is 14.6. The third kappa shape index (κ3) is 2.67. The molecule has 0 atom stereocenters. The highest BCUT2D eigenvalue weighted by Crippen LogP contribution is 2.22. The van der Waals surface area contributed by atoms with Crippen molar-refractivity contribution in [2.45, 2.75) is 20.8 Å². The van der Waals surface area contributed by atoms with Crippen LogP contribution in [0.5, 0.6) is 0 Å². The fourth-order valence-electron chi connectivity index (χ4n) is 2.42. The first-order valence-corrected chi connectivity index (χ1v) is 6.78. The van der Waals surface area contributed by atoms with Crippen LogP contribution in [-0.2, 0) is 0 Å². The second-order valence-electron chi connectivity index (χ2n) is 4.91. The van der Waals surface area contributed by atoms with E-state index in [1.807, 2.05) is 63.2 Å². The van der Waals surface area contributed by atoms with Crippen LogP contribution in [0.15, 0.2) is 42.5 Å². The zero-order chi connectivity index (χ0) is 14.7. The summed E-state index contributed by atoms with van der Waals surface area (Å²) in [6.07, 6.45) is 0. The van der Waals surface area contributed by atoms with E-state index in [1.165, 1.54) is 0 Å². The number of nitrogens with zero attached hydrogens (tertiary/aromatic N) is 1. The molecule has 1 amide bonds. The van der Waals surface area contributed by atoms with Crippen molar-refractivity contribution in [2.75, 3.05) is 17.2 Å². The molecule has 0 saturated heterocycles. The molecule has 0 spiro atoms. The van der Waals surface area contributed by atoms with Gasteiger partial charge < -0.3 is 10.6 Å². The maximum absolute atomic E-state index is 12.8. The van der Waals surface area contributed by atoms with Crippen LogP contribution in [0.4, 0.5) is 11.4 Å². The van der Waals surface area contributed by atoms with Gasteiger partial charge in [0.2, 0.25) is 0 Å². The lowest BCUT2D eigenvalue weighted by molar-refractivity contribution is 0.0987. The molecule has 2 aromatic carbocycles. The molecule has 0 aliphatic carbocycles. The van der Waals surface area contributed by atoms with Crippen LogP contribution in [0.1, 0.15) is 28.4 Å². The first-order valence-electron chi connectivity index (χ1n) is 6.78. The molecule has 0 aliphatic heterocycles. The smallest absolute Gasteiger partial charge is 0.258 e. The monoisotopic (exact) mass is 268 g/mol. The highest BCUT2D eigenvalue weighted by Gasteiger charge is 2.19. The van der Waals surface area contributed by atoms with E-state index in [9.17, 15) is 4.79 Å². The van der Waals surface area contributed by atoms with Gasteiger partial charge in [0, 0.05) is 23.5 Å². The van der Waals surface area contributed by atoms with E-state index >= 15 is 0 Å². The lowest BCUT2D eigenvalue weighted by Crippen LogP contribution is -2.31. The van der Waals surface area contributed by atoms with Crippen molar-refractivity contribution in [2.24, 2.45) is 0 Å². The fourth-order valence-corrected chi connectivity index (χ4v) is 2.42. The molecule has 0 aromatic heterocycles. The summed E-state index contributed by atoms with van der Waals surface area (Å²) in [5.41, 5.74) is 10.1. The molecule has 0 aliphatic rings. The summed E-state index contributed by atoms with van der Waals surface area (Å²) in [6, 6.07) is 13.3. The zero-order valence-electron chi connectivity index (χ0n) is 12.2. The van der Waals surface area contributed by atoms with Crippen molar-refractivity contribution in [1.29, 1.82) is 0 Å². The first-order chi connectivity index (χ1) is 9.54. The van der Waals surface area contributed by atoms with Crippen molar-refractivity contribution < 1.29 is 4.79 Å². The summed E-state index contributed by atoms with van der Waals surface area (Å²) in [5.74, 6) is 0.0219. The van der Waals surface area contributed by atoms with Gasteiger partial charge >= 0.3 is 0 Å². The Kier molecular flexibility index (Phi) is 4.08. The average Bonchev–Trinajstić information content (AvgIpc) is 2.39. The molecule has 2 N–H and O–H groups in total. The number of hydrogen-bond acceptors (Lipinski definition) is 2. The molecule has 0 bridgehead atoms. The van der Waals surface area contributed by atoms with Gasteiger partial charge in [-0.3, -0.25) is 4.79 Å². The number of hydrogen-bond donors (Lipinski definition) is 1. The Morgan fingerprint density at radius 3 is 2.25 bits per heavy atom. The zero-order valence-corrected chi connectivity index (χ0v) is 12.2. The maximum atomic E-state index is 12.8. The second-order valence-corrected chi connectivity index (χ2v) is 4.91. The lowest BCUT2D eigenvalue weighted by Gasteiger charge is -2.23. The van der Waals surface area contributed by atoms with Crippen molar-refractivity contribution in [3.63, 3.8) is 0 Å². The average molecular weight is 268 g/mol. The Morgan fingerprint density at radius 2 is 1.70 bits per heavy atom. The van der Waals surface area contributed by atoms with Gasteiger partial charge in [-0.2, -0.15) is 0 Å². The Hall–Kier alpha value is -2.29. The number of aryl methyl sites for hydroxylation is 2. The van der Waals surface area contributed by atoms with Gasteiger partial charge in [0.25, 0.3) is 5.91 Å². The summed E-state index contributed by atoms with van der Waals surface area (Å²) in [7, 11) is 0. The second kappa shape index (κ2) is 5.78. The number of carbonyl (C=O) groups is 1. The van der Waals surface area contributed by atoms with E-state index < -0.39 is 0 Å². The van der Waals surface area contributed by atoms with Gasteiger partial charge in [0.1, 0.15) is 0 Å². The third-order valence-electron chi connectivity index (χ3n) is 3.44. The standard InChI is InChI=1S/C17H20N2O/c1-4-19(15-10-6-9-14(18)11-15)17(20)16-12(2)7-5-8-13(16)3/h5-11H,4,18H2,1-3H3. The van der Waals surface area contributed by atoms with E-state index in [0.717, 1.165) is 22.4 Å². The molecular weight excluding hydrogens is 248 g/mol. The van der Waals surface area contributed by atoms with Crippen molar-refractivity contribution in [3.05, 3.63) is 59.2 Å². The van der Waals surface area contributed by atoms with Crippen LogP contribution < -0.4 is 10.6 Å². The summed E-state index contributed by atoms with van der Waals surface area (Å²) < 4.78 is 0. The SMILES string of the molecule is CCN(C(=O)c1c(C)cccc1C)c1cccc(N)c1. The quantitative estimate of drug-likeness (QED) is 0.865. The van der Waals surface area contributed by atoms with Crippen LogP contribution in [0.3, 0.4) is 0 Å². The number of nitrogen functional groups attached to an aromatic ring is 1. The highest BCUT2D eigenvalue weighted by atomic mass is 16.2. The van der Waals surface area contributed by atoms with E-state index in [4.69, 9.17) is 5.73 Å². The topological polar surface area (TPSA) is 46.3 Å². The van der Waals surface area contributed by atoms with Crippen LogP contribution in [0.25, 0.3) is 0 Å². The molecule has 0 heterocycles. The van der Waals surface area contributed by atoms with Gasteiger partial charge in [-0.05, 0) is 50.1 Å². The number of benzene rings is 2. The minimum Gasteiger partial charge on any atom is -0.399 e. The molecule has 0 radical (unpaired) electrons. The Morgan fingerprint density at radius 1 is 1.10 bits per heavy atom. The Labute approximate surface area is 120 Å². The maximum Gasteiger partial charge on any atom is 0.258 e. The predicted octanol–water partition coefficient (Wildman–Crippen LogP) is 3.55. The van der Waals surface area contributed by atoms with Crippen LogP contribution in [0.2, 0.25) is 0 Å². The molecule has 3 nitrogen and oxygen atoms in total.